The van der Waals surface area contributed by atoms with Crippen molar-refractivity contribution in [3.8, 4) is 5.75 Å². The highest BCUT2D eigenvalue weighted by molar-refractivity contribution is 7.10. The summed E-state index contributed by atoms with van der Waals surface area (Å²) in [6.07, 6.45) is 0. The number of rotatable bonds is 5. The fourth-order valence-electron chi connectivity index (χ4n) is 2.91. The smallest absolute Gasteiger partial charge is 0.124 e. The summed E-state index contributed by atoms with van der Waals surface area (Å²) >= 11 is 1.83. The van der Waals surface area contributed by atoms with Crippen LogP contribution in [0.2, 0.25) is 0 Å². The molecule has 1 aliphatic heterocycles. The van der Waals surface area contributed by atoms with E-state index in [2.05, 4.69) is 52.0 Å². The zero-order valence-electron chi connectivity index (χ0n) is 12.4. The van der Waals surface area contributed by atoms with Crippen molar-refractivity contribution in [1.29, 1.82) is 0 Å². The molecule has 0 unspecified atom stereocenters. The molecule has 21 heavy (non-hydrogen) atoms. The molecule has 0 spiro atoms. The van der Waals surface area contributed by atoms with Gasteiger partial charge in [0.25, 0.3) is 0 Å². The molecule has 2 aromatic rings. The third-order valence-electron chi connectivity index (χ3n) is 3.84. The largest absolute Gasteiger partial charge is 0.494 e. The quantitative estimate of drug-likeness (QED) is 0.918. The molecule has 3 nitrogen and oxygen atoms in total. The lowest BCUT2D eigenvalue weighted by Crippen LogP contribution is -2.45. The zero-order chi connectivity index (χ0) is 14.5. The molecule has 4 heteroatoms. The van der Waals surface area contributed by atoms with Crippen LogP contribution in [0, 0.1) is 0 Å². The standard InChI is InChI=1S/C17H22N2OS/c1-2-20-15-7-4-3-6-14(15)17(16-8-5-13-21-16)19-11-9-18-10-12-19/h3-8,13,17-18H,2,9-12H2,1H3/t17-/m1/s1. The van der Waals surface area contributed by atoms with Gasteiger partial charge < -0.3 is 10.1 Å². The van der Waals surface area contributed by atoms with E-state index in [0.717, 1.165) is 31.9 Å². The summed E-state index contributed by atoms with van der Waals surface area (Å²) in [7, 11) is 0. The van der Waals surface area contributed by atoms with Crippen LogP contribution in [0.4, 0.5) is 0 Å². The molecular formula is C17H22N2OS. The Morgan fingerprint density at radius 1 is 1.19 bits per heavy atom. The molecular weight excluding hydrogens is 280 g/mol. The molecule has 0 saturated carbocycles. The molecule has 1 N–H and O–H groups in total. The molecule has 1 aliphatic rings. The minimum Gasteiger partial charge on any atom is -0.494 e. The second kappa shape index (κ2) is 7.07. The van der Waals surface area contributed by atoms with Crippen LogP contribution < -0.4 is 10.1 Å². The third-order valence-corrected chi connectivity index (χ3v) is 4.77. The summed E-state index contributed by atoms with van der Waals surface area (Å²) in [5.74, 6) is 1.01. The number of piperazine rings is 1. The molecule has 0 bridgehead atoms. The average Bonchev–Trinajstić information content (AvgIpc) is 3.05. The Balaban J connectivity index is 1.98. The monoisotopic (exact) mass is 302 g/mol. The Labute approximate surface area is 130 Å². The van der Waals surface area contributed by atoms with E-state index in [9.17, 15) is 0 Å². The Morgan fingerprint density at radius 2 is 2.00 bits per heavy atom. The number of ether oxygens (including phenoxy) is 1. The summed E-state index contributed by atoms with van der Waals surface area (Å²) in [4.78, 5) is 3.95. The number of hydrogen-bond donors (Lipinski definition) is 1. The first-order valence-corrected chi connectivity index (χ1v) is 8.48. The number of benzene rings is 1. The Hall–Kier alpha value is -1.36. The number of para-hydroxylation sites is 1. The lowest BCUT2D eigenvalue weighted by Gasteiger charge is -2.35. The van der Waals surface area contributed by atoms with Gasteiger partial charge in [-0.2, -0.15) is 0 Å². The Kier molecular flexibility index (Phi) is 4.91. The van der Waals surface area contributed by atoms with Gasteiger partial charge in [0.2, 0.25) is 0 Å². The number of nitrogens with one attached hydrogen (secondary N) is 1. The topological polar surface area (TPSA) is 24.5 Å². The van der Waals surface area contributed by atoms with Crippen molar-refractivity contribution in [3.05, 3.63) is 52.2 Å². The van der Waals surface area contributed by atoms with Gasteiger partial charge in [0.05, 0.1) is 12.6 Å². The van der Waals surface area contributed by atoms with E-state index in [-0.39, 0.29) is 0 Å². The molecule has 1 aromatic carbocycles. The van der Waals surface area contributed by atoms with Crippen LogP contribution in [-0.2, 0) is 0 Å². The van der Waals surface area contributed by atoms with Gasteiger partial charge in [0.1, 0.15) is 5.75 Å². The maximum atomic E-state index is 5.87. The first-order valence-electron chi connectivity index (χ1n) is 7.60. The van der Waals surface area contributed by atoms with Crippen LogP contribution in [-0.4, -0.2) is 37.7 Å². The van der Waals surface area contributed by atoms with E-state index in [4.69, 9.17) is 4.74 Å². The van der Waals surface area contributed by atoms with Crippen LogP contribution in [0.5, 0.6) is 5.75 Å². The van der Waals surface area contributed by atoms with Crippen LogP contribution >= 0.6 is 11.3 Å². The van der Waals surface area contributed by atoms with Crippen molar-refractivity contribution in [2.45, 2.75) is 13.0 Å². The van der Waals surface area contributed by atoms with Gasteiger partial charge >= 0.3 is 0 Å². The van der Waals surface area contributed by atoms with E-state index in [1.807, 2.05) is 18.3 Å². The molecule has 2 heterocycles. The second-order valence-electron chi connectivity index (χ2n) is 5.17. The Bertz CT molecular complexity index is 550. The lowest BCUT2D eigenvalue weighted by molar-refractivity contribution is 0.196. The molecule has 1 atom stereocenters. The van der Waals surface area contributed by atoms with E-state index >= 15 is 0 Å². The molecule has 1 aromatic heterocycles. The van der Waals surface area contributed by atoms with Gasteiger partial charge in [-0.15, -0.1) is 11.3 Å². The van der Waals surface area contributed by atoms with E-state index in [1.165, 1.54) is 10.4 Å². The highest BCUT2D eigenvalue weighted by atomic mass is 32.1. The lowest BCUT2D eigenvalue weighted by atomic mass is 10.0. The molecule has 1 fully saturated rings. The van der Waals surface area contributed by atoms with Gasteiger partial charge in [-0.05, 0) is 24.4 Å². The molecule has 0 aliphatic carbocycles. The van der Waals surface area contributed by atoms with Crippen molar-refractivity contribution < 1.29 is 4.74 Å². The van der Waals surface area contributed by atoms with Crippen LogP contribution in [0.15, 0.2) is 41.8 Å². The third kappa shape index (κ3) is 3.28. The van der Waals surface area contributed by atoms with Crippen LogP contribution in [0.25, 0.3) is 0 Å². The summed E-state index contributed by atoms with van der Waals surface area (Å²) in [6.45, 7) is 7.00. The van der Waals surface area contributed by atoms with E-state index in [1.54, 1.807) is 0 Å². The van der Waals surface area contributed by atoms with Crippen molar-refractivity contribution in [1.82, 2.24) is 10.2 Å². The van der Waals surface area contributed by atoms with E-state index in [0.29, 0.717) is 12.6 Å². The normalized spacial score (nSPS) is 17.6. The van der Waals surface area contributed by atoms with Crippen molar-refractivity contribution in [2.24, 2.45) is 0 Å². The Morgan fingerprint density at radius 3 is 2.71 bits per heavy atom. The summed E-state index contributed by atoms with van der Waals surface area (Å²) < 4.78 is 5.87. The first kappa shape index (κ1) is 14.6. The molecule has 0 amide bonds. The van der Waals surface area contributed by atoms with Gasteiger partial charge in [-0.25, -0.2) is 0 Å². The fraction of sp³-hybridized carbons (Fsp3) is 0.412. The van der Waals surface area contributed by atoms with E-state index < -0.39 is 0 Å². The molecule has 1 saturated heterocycles. The fourth-order valence-corrected chi connectivity index (χ4v) is 3.79. The van der Waals surface area contributed by atoms with Gasteiger partial charge in [0.15, 0.2) is 0 Å². The maximum Gasteiger partial charge on any atom is 0.124 e. The SMILES string of the molecule is CCOc1ccccc1[C@H](c1cccs1)N1CCNCC1. The van der Waals surface area contributed by atoms with Gasteiger partial charge in [0, 0.05) is 36.6 Å². The van der Waals surface area contributed by atoms with Crippen LogP contribution in [0.3, 0.4) is 0 Å². The molecule has 0 radical (unpaired) electrons. The van der Waals surface area contributed by atoms with Crippen molar-refractivity contribution in [2.75, 3.05) is 32.8 Å². The minimum absolute atomic E-state index is 0.301. The van der Waals surface area contributed by atoms with Crippen LogP contribution in [0.1, 0.15) is 23.4 Å². The summed E-state index contributed by atoms with van der Waals surface area (Å²) in [5, 5.41) is 5.60. The number of hydrogen-bond acceptors (Lipinski definition) is 4. The number of thiophene rings is 1. The summed E-state index contributed by atoms with van der Waals surface area (Å²) in [5.41, 5.74) is 1.28. The number of nitrogens with zero attached hydrogens (tertiary/aromatic N) is 1. The second-order valence-corrected chi connectivity index (χ2v) is 6.15. The predicted octanol–water partition coefficient (Wildman–Crippen LogP) is 3.14. The highest BCUT2D eigenvalue weighted by Gasteiger charge is 2.26. The minimum atomic E-state index is 0.301. The average molecular weight is 302 g/mol. The maximum absolute atomic E-state index is 5.87. The first-order chi connectivity index (χ1) is 10.4. The predicted molar refractivity (Wildman–Crippen MR) is 88.2 cm³/mol. The van der Waals surface area contributed by atoms with Crippen molar-refractivity contribution >= 4 is 11.3 Å². The van der Waals surface area contributed by atoms with Gasteiger partial charge in [-0.1, -0.05) is 24.3 Å². The molecule has 112 valence electrons. The van der Waals surface area contributed by atoms with Crippen molar-refractivity contribution in [3.63, 3.8) is 0 Å². The highest BCUT2D eigenvalue weighted by Crippen LogP contribution is 2.36. The zero-order valence-corrected chi connectivity index (χ0v) is 13.2. The molecule has 3 rings (SSSR count). The summed E-state index contributed by atoms with van der Waals surface area (Å²) in [6, 6.07) is 13.1. The van der Waals surface area contributed by atoms with Gasteiger partial charge in [-0.3, -0.25) is 4.90 Å².